The van der Waals surface area contributed by atoms with Crippen LogP contribution in [0.3, 0.4) is 0 Å². The Labute approximate surface area is 121 Å². The molecule has 3 nitrogen and oxygen atoms in total. The van der Waals surface area contributed by atoms with Gasteiger partial charge in [-0.05, 0) is 45.1 Å². The summed E-state index contributed by atoms with van der Waals surface area (Å²) in [6.07, 6.45) is 3.92. The highest BCUT2D eigenvalue weighted by Gasteiger charge is 2.38. The number of esters is 1. The zero-order valence-electron chi connectivity index (χ0n) is 12.5. The zero-order chi connectivity index (χ0) is 14.4. The molecule has 0 spiro atoms. The highest BCUT2D eigenvalue weighted by Crippen LogP contribution is 2.37. The molecule has 0 aliphatic heterocycles. The van der Waals surface area contributed by atoms with Crippen molar-refractivity contribution < 1.29 is 9.53 Å². The molecular weight excluding hydrogens is 250 g/mol. The van der Waals surface area contributed by atoms with Crippen LogP contribution in [0.1, 0.15) is 45.1 Å². The summed E-state index contributed by atoms with van der Waals surface area (Å²) in [6, 6.07) is 11.0. The van der Waals surface area contributed by atoms with Gasteiger partial charge in [0.05, 0.1) is 12.0 Å². The number of ether oxygens (including phenoxy) is 1. The minimum Gasteiger partial charge on any atom is -0.466 e. The van der Waals surface area contributed by atoms with Crippen molar-refractivity contribution in [2.45, 2.75) is 52.1 Å². The van der Waals surface area contributed by atoms with Crippen molar-refractivity contribution in [1.82, 2.24) is 5.32 Å². The Kier molecular flexibility index (Phi) is 5.18. The van der Waals surface area contributed by atoms with E-state index in [0.717, 1.165) is 32.2 Å². The second-order valence-corrected chi connectivity index (χ2v) is 5.92. The number of carbonyl (C=O) groups excluding carboxylic acids is 1. The van der Waals surface area contributed by atoms with Crippen molar-refractivity contribution in [2.75, 3.05) is 6.61 Å². The van der Waals surface area contributed by atoms with E-state index in [-0.39, 0.29) is 11.4 Å². The molecule has 0 heterocycles. The SMILES string of the molecule is CCOC(=O)[C@]1(C)CC[C@@H](NCc2ccccc2)CC1. The van der Waals surface area contributed by atoms with E-state index in [9.17, 15) is 4.79 Å². The van der Waals surface area contributed by atoms with Gasteiger partial charge in [0.25, 0.3) is 0 Å². The molecule has 20 heavy (non-hydrogen) atoms. The first kappa shape index (κ1) is 15.0. The fraction of sp³-hybridized carbons (Fsp3) is 0.588. The van der Waals surface area contributed by atoms with Crippen molar-refractivity contribution in [2.24, 2.45) is 5.41 Å². The van der Waals surface area contributed by atoms with Gasteiger partial charge in [0, 0.05) is 12.6 Å². The molecule has 1 saturated carbocycles. The lowest BCUT2D eigenvalue weighted by molar-refractivity contribution is -0.156. The van der Waals surface area contributed by atoms with E-state index in [1.54, 1.807) is 0 Å². The van der Waals surface area contributed by atoms with E-state index >= 15 is 0 Å². The number of hydrogen-bond donors (Lipinski definition) is 1. The summed E-state index contributed by atoms with van der Waals surface area (Å²) in [5.74, 6) is -0.0264. The smallest absolute Gasteiger partial charge is 0.311 e. The molecule has 1 aliphatic rings. The van der Waals surface area contributed by atoms with Crippen LogP contribution in [0.25, 0.3) is 0 Å². The van der Waals surface area contributed by atoms with Gasteiger partial charge >= 0.3 is 5.97 Å². The Morgan fingerprint density at radius 2 is 1.95 bits per heavy atom. The first-order chi connectivity index (χ1) is 9.64. The lowest BCUT2D eigenvalue weighted by Crippen LogP contribution is -2.40. The maximum atomic E-state index is 12.0. The average Bonchev–Trinajstić information content (AvgIpc) is 2.48. The molecule has 1 N–H and O–H groups in total. The van der Waals surface area contributed by atoms with Gasteiger partial charge in [-0.2, -0.15) is 0 Å². The molecule has 0 aromatic heterocycles. The van der Waals surface area contributed by atoms with Gasteiger partial charge in [-0.3, -0.25) is 4.79 Å². The number of benzene rings is 1. The molecule has 1 aromatic carbocycles. The van der Waals surface area contributed by atoms with E-state index in [2.05, 4.69) is 29.6 Å². The molecular formula is C17H25NO2. The van der Waals surface area contributed by atoms with Crippen LogP contribution < -0.4 is 5.32 Å². The normalized spacial score (nSPS) is 26.2. The zero-order valence-corrected chi connectivity index (χ0v) is 12.5. The molecule has 0 unspecified atom stereocenters. The first-order valence-electron chi connectivity index (χ1n) is 7.58. The minimum absolute atomic E-state index is 0.0264. The van der Waals surface area contributed by atoms with E-state index in [0.29, 0.717) is 12.6 Å². The number of nitrogens with one attached hydrogen (secondary N) is 1. The molecule has 3 heteroatoms. The Morgan fingerprint density at radius 3 is 2.55 bits per heavy atom. The second-order valence-electron chi connectivity index (χ2n) is 5.92. The number of rotatable bonds is 5. The minimum atomic E-state index is -0.277. The van der Waals surface area contributed by atoms with Gasteiger partial charge in [-0.15, -0.1) is 0 Å². The summed E-state index contributed by atoms with van der Waals surface area (Å²) in [5, 5.41) is 3.59. The third-order valence-corrected chi connectivity index (χ3v) is 4.30. The molecule has 0 radical (unpaired) electrons. The molecule has 1 aromatic rings. The molecule has 1 fully saturated rings. The number of hydrogen-bond acceptors (Lipinski definition) is 3. The standard InChI is InChI=1S/C17H25NO2/c1-3-20-16(19)17(2)11-9-15(10-12-17)18-13-14-7-5-4-6-8-14/h4-8,15,18H,3,9-13H2,1-2H3/t15-,17-. The largest absolute Gasteiger partial charge is 0.466 e. The van der Waals surface area contributed by atoms with Gasteiger partial charge in [0.1, 0.15) is 0 Å². The van der Waals surface area contributed by atoms with E-state index in [4.69, 9.17) is 4.74 Å². The molecule has 1 aliphatic carbocycles. The Hall–Kier alpha value is -1.35. The monoisotopic (exact) mass is 275 g/mol. The summed E-state index contributed by atoms with van der Waals surface area (Å²) < 4.78 is 5.19. The fourth-order valence-corrected chi connectivity index (χ4v) is 2.83. The maximum absolute atomic E-state index is 12.0. The van der Waals surface area contributed by atoms with Crippen molar-refractivity contribution >= 4 is 5.97 Å². The molecule has 0 bridgehead atoms. The fourth-order valence-electron chi connectivity index (χ4n) is 2.83. The Balaban J connectivity index is 1.78. The van der Waals surface area contributed by atoms with Crippen molar-refractivity contribution in [1.29, 1.82) is 0 Å². The number of carbonyl (C=O) groups is 1. The van der Waals surface area contributed by atoms with Crippen LogP contribution in [-0.4, -0.2) is 18.6 Å². The van der Waals surface area contributed by atoms with Crippen LogP contribution >= 0.6 is 0 Å². The lowest BCUT2D eigenvalue weighted by atomic mass is 9.74. The predicted molar refractivity (Wildman–Crippen MR) is 80.3 cm³/mol. The van der Waals surface area contributed by atoms with Gasteiger partial charge in [0.2, 0.25) is 0 Å². The van der Waals surface area contributed by atoms with Crippen LogP contribution in [0.15, 0.2) is 30.3 Å². The van der Waals surface area contributed by atoms with Crippen LogP contribution in [-0.2, 0) is 16.1 Å². The quantitative estimate of drug-likeness (QED) is 0.838. The average molecular weight is 275 g/mol. The summed E-state index contributed by atoms with van der Waals surface area (Å²) in [5.41, 5.74) is 1.03. The maximum Gasteiger partial charge on any atom is 0.311 e. The van der Waals surface area contributed by atoms with Crippen molar-refractivity contribution in [3.63, 3.8) is 0 Å². The van der Waals surface area contributed by atoms with Gasteiger partial charge in [-0.1, -0.05) is 30.3 Å². The van der Waals surface area contributed by atoms with Crippen molar-refractivity contribution in [3.8, 4) is 0 Å². The van der Waals surface area contributed by atoms with E-state index in [1.165, 1.54) is 5.56 Å². The predicted octanol–water partition coefficient (Wildman–Crippen LogP) is 3.29. The van der Waals surface area contributed by atoms with E-state index in [1.807, 2.05) is 19.9 Å². The summed E-state index contributed by atoms with van der Waals surface area (Å²) in [4.78, 5) is 12.0. The molecule has 110 valence electrons. The van der Waals surface area contributed by atoms with Crippen LogP contribution in [0.2, 0.25) is 0 Å². The molecule has 0 atom stereocenters. The Morgan fingerprint density at radius 1 is 1.30 bits per heavy atom. The van der Waals surface area contributed by atoms with Gasteiger partial charge in [0.15, 0.2) is 0 Å². The molecule has 2 rings (SSSR count). The van der Waals surface area contributed by atoms with Gasteiger partial charge in [-0.25, -0.2) is 0 Å². The van der Waals surface area contributed by atoms with Crippen LogP contribution in [0, 0.1) is 5.41 Å². The molecule has 0 amide bonds. The third-order valence-electron chi connectivity index (χ3n) is 4.30. The highest BCUT2D eigenvalue weighted by atomic mass is 16.5. The van der Waals surface area contributed by atoms with Crippen molar-refractivity contribution in [3.05, 3.63) is 35.9 Å². The summed E-state index contributed by atoms with van der Waals surface area (Å²) in [7, 11) is 0. The summed E-state index contributed by atoms with van der Waals surface area (Å²) in [6.45, 7) is 5.29. The van der Waals surface area contributed by atoms with Crippen LogP contribution in [0.4, 0.5) is 0 Å². The lowest BCUT2D eigenvalue weighted by Gasteiger charge is -2.35. The van der Waals surface area contributed by atoms with Gasteiger partial charge < -0.3 is 10.1 Å². The third kappa shape index (κ3) is 3.83. The Bertz CT molecular complexity index is 422. The molecule has 0 saturated heterocycles. The highest BCUT2D eigenvalue weighted by molar-refractivity contribution is 5.76. The summed E-state index contributed by atoms with van der Waals surface area (Å²) >= 11 is 0. The van der Waals surface area contributed by atoms with E-state index < -0.39 is 0 Å². The topological polar surface area (TPSA) is 38.3 Å². The second kappa shape index (κ2) is 6.89. The van der Waals surface area contributed by atoms with Crippen LogP contribution in [0.5, 0.6) is 0 Å². The first-order valence-corrected chi connectivity index (χ1v) is 7.58.